The van der Waals surface area contributed by atoms with Gasteiger partial charge >= 0.3 is 0 Å². The second-order valence-corrected chi connectivity index (χ2v) is 7.45. The van der Waals surface area contributed by atoms with E-state index in [2.05, 4.69) is 15.7 Å². The van der Waals surface area contributed by atoms with Gasteiger partial charge < -0.3 is 10.6 Å². The molecule has 2 amide bonds. The summed E-state index contributed by atoms with van der Waals surface area (Å²) in [6.07, 6.45) is 0. The molecular formula is C23H23FN4O3. The van der Waals surface area contributed by atoms with E-state index in [0.717, 1.165) is 10.2 Å². The number of hydrogen-bond donors (Lipinski definition) is 2. The molecule has 31 heavy (non-hydrogen) atoms. The van der Waals surface area contributed by atoms with Gasteiger partial charge in [0.15, 0.2) is 0 Å². The van der Waals surface area contributed by atoms with Gasteiger partial charge in [-0.1, -0.05) is 32.0 Å². The van der Waals surface area contributed by atoms with E-state index in [1.807, 2.05) is 19.1 Å². The van der Waals surface area contributed by atoms with Gasteiger partial charge in [0.25, 0.3) is 5.56 Å². The lowest BCUT2D eigenvalue weighted by molar-refractivity contribution is -0.119. The molecule has 8 heteroatoms. The minimum absolute atomic E-state index is 0.104. The van der Waals surface area contributed by atoms with Gasteiger partial charge in [0.1, 0.15) is 12.4 Å². The number of aryl methyl sites for hydroxylation is 1. The Kier molecular flexibility index (Phi) is 6.59. The fraction of sp³-hybridized carbons (Fsp3) is 0.217. The molecule has 0 aliphatic heterocycles. The van der Waals surface area contributed by atoms with E-state index in [4.69, 9.17) is 0 Å². The monoisotopic (exact) mass is 422 g/mol. The molecule has 0 saturated carbocycles. The maximum absolute atomic E-state index is 13.3. The van der Waals surface area contributed by atoms with Crippen molar-refractivity contribution < 1.29 is 14.0 Å². The van der Waals surface area contributed by atoms with Crippen molar-refractivity contribution in [1.82, 2.24) is 9.78 Å². The number of carbonyl (C=O) groups is 2. The van der Waals surface area contributed by atoms with Crippen molar-refractivity contribution in [2.75, 3.05) is 10.6 Å². The molecule has 0 fully saturated rings. The Morgan fingerprint density at radius 2 is 1.84 bits per heavy atom. The summed E-state index contributed by atoms with van der Waals surface area (Å²) in [6, 6.07) is 13.8. The Morgan fingerprint density at radius 1 is 1.06 bits per heavy atom. The fourth-order valence-corrected chi connectivity index (χ4v) is 2.81. The van der Waals surface area contributed by atoms with Gasteiger partial charge in [-0.25, -0.2) is 9.07 Å². The molecular weight excluding hydrogens is 399 g/mol. The normalized spacial score (nSPS) is 10.7. The van der Waals surface area contributed by atoms with E-state index in [1.54, 1.807) is 32.0 Å². The minimum atomic E-state index is -0.508. The van der Waals surface area contributed by atoms with Gasteiger partial charge in [0, 0.05) is 28.9 Å². The quantitative estimate of drug-likeness (QED) is 0.635. The van der Waals surface area contributed by atoms with E-state index < -0.39 is 17.3 Å². The molecule has 2 N–H and O–H groups in total. The highest BCUT2D eigenvalue weighted by Gasteiger charge is 2.12. The Morgan fingerprint density at radius 3 is 2.55 bits per heavy atom. The smallest absolute Gasteiger partial charge is 0.267 e. The molecule has 1 aromatic heterocycles. The molecule has 0 aliphatic rings. The lowest BCUT2D eigenvalue weighted by atomic mass is 10.1. The largest absolute Gasteiger partial charge is 0.326 e. The summed E-state index contributed by atoms with van der Waals surface area (Å²) in [5, 5.41) is 9.70. The van der Waals surface area contributed by atoms with Gasteiger partial charge in [-0.2, -0.15) is 5.10 Å². The lowest BCUT2D eigenvalue weighted by Crippen LogP contribution is -2.29. The van der Waals surface area contributed by atoms with Crippen molar-refractivity contribution in [2.45, 2.75) is 27.3 Å². The van der Waals surface area contributed by atoms with Crippen LogP contribution in [0.2, 0.25) is 0 Å². The van der Waals surface area contributed by atoms with E-state index in [-0.39, 0.29) is 18.4 Å². The first kappa shape index (κ1) is 21.9. The van der Waals surface area contributed by atoms with Crippen molar-refractivity contribution in [3.05, 3.63) is 76.3 Å². The maximum atomic E-state index is 13.3. The summed E-state index contributed by atoms with van der Waals surface area (Å²) in [7, 11) is 0. The zero-order chi connectivity index (χ0) is 22.5. The number of hydrogen-bond acceptors (Lipinski definition) is 4. The predicted molar refractivity (Wildman–Crippen MR) is 117 cm³/mol. The lowest BCUT2D eigenvalue weighted by Gasteiger charge is -2.13. The topological polar surface area (TPSA) is 93.1 Å². The first-order chi connectivity index (χ1) is 14.7. The third kappa shape index (κ3) is 5.63. The van der Waals surface area contributed by atoms with Gasteiger partial charge in [-0.15, -0.1) is 0 Å². The Balaban J connectivity index is 1.83. The third-order valence-corrected chi connectivity index (χ3v) is 4.58. The minimum Gasteiger partial charge on any atom is -0.326 e. The molecule has 0 atom stereocenters. The molecule has 2 aromatic carbocycles. The average Bonchev–Trinajstić information content (AvgIpc) is 2.71. The summed E-state index contributed by atoms with van der Waals surface area (Å²) in [5.74, 6) is -1.26. The molecule has 0 unspecified atom stereocenters. The first-order valence-electron chi connectivity index (χ1n) is 9.78. The Hall–Kier alpha value is -3.81. The standard InChI is InChI=1S/C23H23FN4O3/c1-14(2)23(31)26-20-11-16(8-7-15(20)3)19-9-10-22(30)28(27-19)13-21(29)25-18-6-4-5-17(24)12-18/h4-12,14H,13H2,1-3H3,(H,25,29)(H,26,31). The van der Waals surface area contributed by atoms with E-state index >= 15 is 0 Å². The van der Waals surface area contributed by atoms with Crippen LogP contribution < -0.4 is 16.2 Å². The molecule has 0 spiro atoms. The van der Waals surface area contributed by atoms with Gasteiger partial charge in [0.05, 0.1) is 5.69 Å². The van der Waals surface area contributed by atoms with E-state index in [0.29, 0.717) is 22.6 Å². The van der Waals surface area contributed by atoms with Crippen LogP contribution in [-0.4, -0.2) is 21.6 Å². The summed E-state index contributed by atoms with van der Waals surface area (Å²) in [6.45, 7) is 5.17. The predicted octanol–water partition coefficient (Wildman–Crippen LogP) is 3.59. The number of nitrogens with zero attached hydrogens (tertiary/aromatic N) is 2. The van der Waals surface area contributed by atoms with Crippen LogP contribution in [0.15, 0.2) is 59.4 Å². The van der Waals surface area contributed by atoms with Crippen LogP contribution >= 0.6 is 0 Å². The maximum Gasteiger partial charge on any atom is 0.267 e. The van der Waals surface area contributed by atoms with E-state index in [1.165, 1.54) is 24.3 Å². The van der Waals surface area contributed by atoms with Gasteiger partial charge in [-0.3, -0.25) is 14.4 Å². The number of amides is 2. The first-order valence-corrected chi connectivity index (χ1v) is 9.78. The number of anilines is 2. The number of aromatic nitrogens is 2. The van der Waals surface area contributed by atoms with Crippen molar-refractivity contribution >= 4 is 23.2 Å². The van der Waals surface area contributed by atoms with Crippen molar-refractivity contribution in [2.24, 2.45) is 5.92 Å². The SMILES string of the molecule is Cc1ccc(-c2ccc(=O)n(CC(=O)Nc3cccc(F)c3)n2)cc1NC(=O)C(C)C. The van der Waals surface area contributed by atoms with Crippen molar-refractivity contribution in [3.8, 4) is 11.3 Å². The number of carbonyl (C=O) groups excluding carboxylic acids is 2. The van der Waals surface area contributed by atoms with Gasteiger partial charge in [0.2, 0.25) is 11.8 Å². The summed E-state index contributed by atoms with van der Waals surface area (Å²) >= 11 is 0. The van der Waals surface area contributed by atoms with Crippen LogP contribution in [0.4, 0.5) is 15.8 Å². The Labute approximate surface area is 178 Å². The molecule has 0 saturated heterocycles. The highest BCUT2D eigenvalue weighted by molar-refractivity contribution is 5.93. The molecule has 3 rings (SSSR count). The highest BCUT2D eigenvalue weighted by atomic mass is 19.1. The van der Waals surface area contributed by atoms with Crippen molar-refractivity contribution in [3.63, 3.8) is 0 Å². The highest BCUT2D eigenvalue weighted by Crippen LogP contribution is 2.24. The molecule has 0 aliphatic carbocycles. The zero-order valence-corrected chi connectivity index (χ0v) is 17.5. The fourth-order valence-electron chi connectivity index (χ4n) is 2.81. The zero-order valence-electron chi connectivity index (χ0n) is 17.5. The number of benzene rings is 2. The van der Waals surface area contributed by atoms with Crippen LogP contribution in [0.1, 0.15) is 19.4 Å². The van der Waals surface area contributed by atoms with Crippen LogP contribution in [0.5, 0.6) is 0 Å². The summed E-state index contributed by atoms with van der Waals surface area (Å²) < 4.78 is 14.3. The van der Waals surface area contributed by atoms with Crippen LogP contribution in [0.3, 0.4) is 0 Å². The van der Waals surface area contributed by atoms with Gasteiger partial charge in [-0.05, 0) is 42.8 Å². The number of halogens is 1. The van der Waals surface area contributed by atoms with Crippen LogP contribution in [0.25, 0.3) is 11.3 Å². The Bertz CT molecular complexity index is 1190. The number of nitrogens with one attached hydrogen (secondary N) is 2. The average molecular weight is 422 g/mol. The summed E-state index contributed by atoms with van der Waals surface area (Å²) in [5.41, 5.74) is 2.54. The number of rotatable bonds is 6. The van der Waals surface area contributed by atoms with Crippen molar-refractivity contribution in [1.29, 1.82) is 0 Å². The molecule has 1 heterocycles. The second kappa shape index (κ2) is 9.34. The molecule has 3 aromatic rings. The molecule has 0 radical (unpaired) electrons. The van der Waals surface area contributed by atoms with Crippen LogP contribution in [0, 0.1) is 18.7 Å². The second-order valence-electron chi connectivity index (χ2n) is 7.45. The van der Waals surface area contributed by atoms with E-state index in [9.17, 15) is 18.8 Å². The van der Waals surface area contributed by atoms with Crippen LogP contribution in [-0.2, 0) is 16.1 Å². The molecule has 160 valence electrons. The molecule has 7 nitrogen and oxygen atoms in total. The third-order valence-electron chi connectivity index (χ3n) is 4.58. The summed E-state index contributed by atoms with van der Waals surface area (Å²) in [4.78, 5) is 36.5. The molecule has 0 bridgehead atoms.